The summed E-state index contributed by atoms with van der Waals surface area (Å²) in [5.41, 5.74) is 1.70. The van der Waals surface area contributed by atoms with Crippen LogP contribution in [0.1, 0.15) is 59.9 Å². The van der Waals surface area contributed by atoms with Crippen molar-refractivity contribution >= 4 is 28.8 Å². The molecule has 1 aliphatic carbocycles. The first-order valence-electron chi connectivity index (χ1n) is 12.3. The van der Waals surface area contributed by atoms with E-state index < -0.39 is 42.4 Å². The molecule has 39 heavy (non-hydrogen) atoms. The van der Waals surface area contributed by atoms with Gasteiger partial charge in [-0.2, -0.15) is 24.3 Å². The molecule has 3 aromatic rings. The molecule has 0 spiro atoms. The van der Waals surface area contributed by atoms with Gasteiger partial charge in [-0.05, 0) is 37.3 Å². The van der Waals surface area contributed by atoms with Crippen LogP contribution >= 0.6 is 11.3 Å². The average Bonchev–Trinajstić information content (AvgIpc) is 3.53. The van der Waals surface area contributed by atoms with Gasteiger partial charge in [0.2, 0.25) is 11.8 Å². The molecule has 212 valence electrons. The van der Waals surface area contributed by atoms with Gasteiger partial charge in [0.05, 0.1) is 29.5 Å². The Labute approximate surface area is 218 Å². The van der Waals surface area contributed by atoms with Gasteiger partial charge in [-0.1, -0.05) is 0 Å². The SMILES string of the molecule is O=C(N[C@H](c1cn2nc(CC3C[C@@H](C(F)(F)F)CNC3=O)ccc2n1)C1CCC(F)(F)CC1)c1c[c-]sc1.[Cm]. The molecule has 0 bridgehead atoms. The Morgan fingerprint density at radius 3 is 2.69 bits per heavy atom. The molecule has 2 amide bonds. The summed E-state index contributed by atoms with van der Waals surface area (Å²) in [7, 11) is 0. The molecule has 3 aromatic heterocycles. The summed E-state index contributed by atoms with van der Waals surface area (Å²) in [4.78, 5) is 29.6. The minimum Gasteiger partial charge on any atom is -0.355 e. The first-order chi connectivity index (χ1) is 18.0. The van der Waals surface area contributed by atoms with Crippen molar-refractivity contribution in [2.24, 2.45) is 17.8 Å². The van der Waals surface area contributed by atoms with Gasteiger partial charge in [-0.25, -0.2) is 18.3 Å². The van der Waals surface area contributed by atoms with Crippen molar-refractivity contribution in [1.29, 1.82) is 0 Å². The summed E-state index contributed by atoms with van der Waals surface area (Å²) >= 11 is 1.24. The second kappa shape index (κ2) is 10.6. The van der Waals surface area contributed by atoms with Crippen LogP contribution in [-0.4, -0.2) is 45.1 Å². The zero-order valence-electron chi connectivity index (χ0n) is 20.5. The van der Waals surface area contributed by atoms with Crippen molar-refractivity contribution in [2.75, 3.05) is 6.54 Å². The van der Waals surface area contributed by atoms with Crippen molar-refractivity contribution in [3.63, 3.8) is 0 Å². The number of amides is 2. The number of fused-ring (bicyclic) bond motifs is 1. The molecule has 1 aliphatic heterocycles. The van der Waals surface area contributed by atoms with Gasteiger partial charge < -0.3 is 22.0 Å². The quantitative estimate of drug-likeness (QED) is 0.279. The van der Waals surface area contributed by atoms with Gasteiger partial charge in [0, 0.05) is 31.7 Å². The predicted octanol–water partition coefficient (Wildman–Crippen LogP) is 4.74. The second-order valence-corrected chi connectivity index (χ2v) is 10.7. The number of halogens is 5. The van der Waals surface area contributed by atoms with Gasteiger partial charge >= 0.3 is 6.18 Å². The van der Waals surface area contributed by atoms with Crippen LogP contribution in [0.25, 0.3) is 5.65 Å². The third-order valence-electron chi connectivity index (χ3n) is 7.34. The van der Waals surface area contributed by atoms with E-state index in [9.17, 15) is 31.5 Å². The zero-order valence-corrected chi connectivity index (χ0v) is 24.2. The molecular formula is C25H25CmF5N5O2S-. The number of aromatic nitrogens is 3. The van der Waals surface area contributed by atoms with Gasteiger partial charge in [-0.3, -0.25) is 9.59 Å². The summed E-state index contributed by atoms with van der Waals surface area (Å²) in [5.74, 6) is -6.29. The molecule has 1 saturated carbocycles. The molecule has 2 fully saturated rings. The maximum absolute atomic E-state index is 13.8. The molecule has 1 unspecified atom stereocenters. The van der Waals surface area contributed by atoms with Gasteiger partial charge in [-0.15, -0.1) is 16.3 Å². The number of piperidine rings is 1. The normalized spacial score (nSPS) is 22.6. The maximum atomic E-state index is 13.8. The number of carbonyl (C=O) groups excluding carboxylic acids is 2. The number of imidazole rings is 1. The number of alkyl halides is 5. The van der Waals surface area contributed by atoms with Crippen LogP contribution < -0.4 is 10.6 Å². The van der Waals surface area contributed by atoms with E-state index in [0.717, 1.165) is 0 Å². The molecule has 7 nitrogen and oxygen atoms in total. The Kier molecular flexibility index (Phi) is 7.58. The van der Waals surface area contributed by atoms with E-state index in [0.29, 0.717) is 22.6 Å². The fourth-order valence-electron chi connectivity index (χ4n) is 5.18. The Hall–Kier alpha value is -4.09. The number of rotatable bonds is 6. The molecule has 2 N–H and O–H groups in total. The third-order valence-corrected chi connectivity index (χ3v) is 7.97. The van der Waals surface area contributed by atoms with Crippen molar-refractivity contribution in [3.8, 4) is 0 Å². The zero-order chi connectivity index (χ0) is 27.1. The smallest absolute Gasteiger partial charge is 0.355 e. The van der Waals surface area contributed by atoms with E-state index in [4.69, 9.17) is 0 Å². The van der Waals surface area contributed by atoms with Crippen molar-refractivity contribution < 1.29 is 31.5 Å². The Morgan fingerprint density at radius 2 is 2.03 bits per heavy atom. The standard InChI is InChI=1S/C25H25F5N5O2S.Cm/c26-24(27)6-3-14(4-7-24)21(33-23(37)15-5-8-38-13-15)19-12-35-20(32-19)2-1-18(34-35)10-16-9-17(25(28,29)30)11-31-22(16)36;/h1-2,5,12-14,16-17,21H,3-4,6-7,9-11H2,(H,31,36)(H,33,37);/q-1;/t16?,17-,21+;/m1./s1. The van der Waals surface area contributed by atoms with Crippen LogP contribution in [-0.2, 0) is 11.2 Å². The second-order valence-electron chi connectivity index (χ2n) is 10.0. The van der Waals surface area contributed by atoms with E-state index in [1.54, 1.807) is 29.8 Å². The van der Waals surface area contributed by atoms with E-state index >= 15 is 0 Å². The summed E-state index contributed by atoms with van der Waals surface area (Å²) in [5, 5.41) is 14.2. The predicted molar refractivity (Wildman–Crippen MR) is 128 cm³/mol. The van der Waals surface area contributed by atoms with Crippen LogP contribution in [0.2, 0.25) is 0 Å². The van der Waals surface area contributed by atoms with Crippen LogP contribution in [0.15, 0.2) is 29.8 Å². The van der Waals surface area contributed by atoms with Crippen LogP contribution in [0, 0.1) is 23.1 Å². The average molecular weight is 802 g/mol. The summed E-state index contributed by atoms with van der Waals surface area (Å²) in [6.07, 6.45) is -3.25. The van der Waals surface area contributed by atoms with Gasteiger partial charge in [0.15, 0.2) is 11.6 Å². The molecule has 5 rings (SSSR count). The molecule has 4 heterocycles. The van der Waals surface area contributed by atoms with Gasteiger partial charge in [0.25, 0.3) is 0 Å². The molecule has 3 atom stereocenters. The third kappa shape index (κ3) is 6.15. The molecular weight excluding hydrogens is 776 g/mol. The molecule has 0 aromatic carbocycles. The maximum Gasteiger partial charge on any atom is 0.393 e. The van der Waals surface area contributed by atoms with E-state index in [1.165, 1.54) is 15.9 Å². The first-order valence-corrected chi connectivity index (χ1v) is 13.2. The van der Waals surface area contributed by atoms with E-state index in [1.807, 2.05) is 0 Å². The summed E-state index contributed by atoms with van der Waals surface area (Å²) in [6, 6.07) is 4.15. The Morgan fingerprint density at radius 1 is 1.28 bits per heavy atom. The number of hydrogen-bond donors (Lipinski definition) is 2. The number of nitrogens with one attached hydrogen (secondary N) is 2. The van der Waals surface area contributed by atoms with E-state index in [2.05, 4.69) is 26.1 Å². The largest absolute Gasteiger partial charge is 0.393 e. The number of hydrogen-bond acceptors (Lipinski definition) is 5. The van der Waals surface area contributed by atoms with Crippen LogP contribution in [0.5, 0.6) is 0 Å². The van der Waals surface area contributed by atoms with Gasteiger partial charge in [0.1, 0.15) is 0 Å². The van der Waals surface area contributed by atoms with Crippen LogP contribution in [0.4, 0.5) is 22.0 Å². The Balaban J connectivity index is 0.00000353. The topological polar surface area (TPSA) is 88.4 Å². The summed E-state index contributed by atoms with van der Waals surface area (Å²) in [6.45, 7) is -0.431. The molecule has 14 heteroatoms. The van der Waals surface area contributed by atoms with E-state index in [-0.39, 0.29) is 50.4 Å². The van der Waals surface area contributed by atoms with Crippen LogP contribution in [0.3, 0.4) is 0 Å². The fourth-order valence-corrected chi connectivity index (χ4v) is 5.75. The minimum absolute atomic E-state index is 0. The molecule has 0 radical (unpaired) electrons. The monoisotopic (exact) mass is 797 g/mol. The Bertz CT molecular complexity index is 1310. The minimum atomic E-state index is -4.40. The van der Waals surface area contributed by atoms with Crippen molar-refractivity contribution in [2.45, 2.75) is 56.7 Å². The number of thiophene rings is 1. The molecule has 1 saturated heterocycles. The molecule has 2 aliphatic rings. The number of carbonyl (C=O) groups is 2. The number of nitrogens with zero attached hydrogens (tertiary/aromatic N) is 3. The van der Waals surface area contributed by atoms with Crippen molar-refractivity contribution in [1.82, 2.24) is 25.2 Å². The van der Waals surface area contributed by atoms with Crippen molar-refractivity contribution in [3.05, 3.63) is 52.1 Å². The summed E-state index contributed by atoms with van der Waals surface area (Å²) < 4.78 is 68.7. The fraction of sp³-hybridized carbons (Fsp3) is 0.520. The first kappa shape index (κ1) is 27.9.